The summed E-state index contributed by atoms with van der Waals surface area (Å²) in [5.74, 6) is 0.786. The van der Waals surface area contributed by atoms with Crippen molar-refractivity contribution in [2.75, 3.05) is 6.54 Å². The normalized spacial score (nSPS) is 18.6. The van der Waals surface area contributed by atoms with Gasteiger partial charge in [0.25, 0.3) is 5.91 Å². The molecule has 1 unspecified atom stereocenters. The van der Waals surface area contributed by atoms with Gasteiger partial charge < -0.3 is 4.90 Å². The van der Waals surface area contributed by atoms with E-state index >= 15 is 0 Å². The highest BCUT2D eigenvalue weighted by molar-refractivity contribution is 5.94. The van der Waals surface area contributed by atoms with Crippen LogP contribution >= 0.6 is 0 Å². The highest BCUT2D eigenvalue weighted by Crippen LogP contribution is 2.29. The molecule has 2 aromatic rings. The maximum Gasteiger partial charge on any atom is 0.254 e. The fourth-order valence-electron chi connectivity index (χ4n) is 3.44. The van der Waals surface area contributed by atoms with Crippen LogP contribution in [0.3, 0.4) is 0 Å². The van der Waals surface area contributed by atoms with Gasteiger partial charge in [-0.3, -0.25) is 4.79 Å². The molecule has 1 atom stereocenters. The van der Waals surface area contributed by atoms with E-state index in [2.05, 4.69) is 27.5 Å². The number of carbonyl (C=O) groups is 1. The van der Waals surface area contributed by atoms with Crippen molar-refractivity contribution in [2.45, 2.75) is 57.9 Å². The third-order valence-electron chi connectivity index (χ3n) is 5.12. The van der Waals surface area contributed by atoms with Crippen molar-refractivity contribution in [3.05, 3.63) is 41.2 Å². The summed E-state index contributed by atoms with van der Waals surface area (Å²) in [6, 6.07) is 8.20. The standard InChI is InChI=1S/C18H25N5O/c1-4-15-7-5-6-12-23(15)16(24)13-8-10-14(11-9-13)18(2,3)17-19-21-22-20-17/h8-11,15H,4-7,12H2,1-3H3,(H,19,20,21,22). The average Bonchev–Trinajstić information content (AvgIpc) is 3.16. The van der Waals surface area contributed by atoms with Crippen molar-refractivity contribution in [2.24, 2.45) is 0 Å². The van der Waals surface area contributed by atoms with Gasteiger partial charge in [0.05, 0.1) is 5.41 Å². The topological polar surface area (TPSA) is 74.8 Å². The van der Waals surface area contributed by atoms with Crippen LogP contribution in [0.5, 0.6) is 0 Å². The first-order chi connectivity index (χ1) is 11.5. The molecule has 24 heavy (non-hydrogen) atoms. The second kappa shape index (κ2) is 6.71. The molecule has 0 radical (unpaired) electrons. The zero-order valence-electron chi connectivity index (χ0n) is 14.6. The lowest BCUT2D eigenvalue weighted by Gasteiger charge is -2.35. The lowest BCUT2D eigenvalue weighted by molar-refractivity contribution is 0.0608. The molecule has 1 aromatic carbocycles. The van der Waals surface area contributed by atoms with Crippen molar-refractivity contribution in [1.29, 1.82) is 0 Å². The van der Waals surface area contributed by atoms with Gasteiger partial charge >= 0.3 is 0 Å². The first-order valence-electron chi connectivity index (χ1n) is 8.69. The van der Waals surface area contributed by atoms with Crippen molar-refractivity contribution < 1.29 is 4.79 Å². The molecule has 0 bridgehead atoms. The Kier molecular flexibility index (Phi) is 4.64. The lowest BCUT2D eigenvalue weighted by atomic mass is 9.83. The molecule has 1 N–H and O–H groups in total. The molecule has 1 aromatic heterocycles. The summed E-state index contributed by atoms with van der Waals surface area (Å²) >= 11 is 0. The van der Waals surface area contributed by atoms with Gasteiger partial charge in [0.15, 0.2) is 5.82 Å². The number of carbonyl (C=O) groups excluding carboxylic acids is 1. The SMILES string of the molecule is CCC1CCCCN1C(=O)c1ccc(C(C)(C)c2nn[nH]n2)cc1. The van der Waals surface area contributed by atoms with Gasteiger partial charge in [0.1, 0.15) is 0 Å². The quantitative estimate of drug-likeness (QED) is 0.937. The Balaban J connectivity index is 1.80. The summed E-state index contributed by atoms with van der Waals surface area (Å²) < 4.78 is 0. The molecule has 128 valence electrons. The predicted molar refractivity (Wildman–Crippen MR) is 91.7 cm³/mol. The van der Waals surface area contributed by atoms with Crippen molar-refractivity contribution in [1.82, 2.24) is 25.5 Å². The fourth-order valence-corrected chi connectivity index (χ4v) is 3.44. The van der Waals surface area contributed by atoms with Crippen LogP contribution in [0.15, 0.2) is 24.3 Å². The molecule has 0 aliphatic carbocycles. The largest absolute Gasteiger partial charge is 0.336 e. The number of piperidine rings is 1. The molecule has 6 nitrogen and oxygen atoms in total. The number of hydrogen-bond donors (Lipinski definition) is 1. The maximum absolute atomic E-state index is 12.8. The van der Waals surface area contributed by atoms with E-state index in [1.807, 2.05) is 43.0 Å². The Labute approximate surface area is 142 Å². The Hall–Kier alpha value is -2.24. The predicted octanol–water partition coefficient (Wildman–Crippen LogP) is 2.93. The summed E-state index contributed by atoms with van der Waals surface area (Å²) in [7, 11) is 0. The molecule has 6 heteroatoms. The second-order valence-electron chi connectivity index (χ2n) is 6.99. The van der Waals surface area contributed by atoms with Crippen molar-refractivity contribution in [3.8, 4) is 0 Å². The number of aromatic nitrogens is 4. The number of nitrogens with zero attached hydrogens (tertiary/aromatic N) is 4. The van der Waals surface area contributed by atoms with Gasteiger partial charge in [-0.1, -0.05) is 24.3 Å². The van der Waals surface area contributed by atoms with Crippen LogP contribution in [0.25, 0.3) is 0 Å². The molecule has 0 saturated carbocycles. The number of likely N-dealkylation sites (tertiary alicyclic amines) is 1. The van der Waals surface area contributed by atoms with E-state index < -0.39 is 0 Å². The Morgan fingerprint density at radius 2 is 2.04 bits per heavy atom. The number of amides is 1. The molecule has 1 saturated heterocycles. The Bertz CT molecular complexity index is 678. The maximum atomic E-state index is 12.8. The minimum absolute atomic E-state index is 0.144. The van der Waals surface area contributed by atoms with E-state index in [-0.39, 0.29) is 11.3 Å². The van der Waals surface area contributed by atoms with Gasteiger partial charge in [-0.05, 0) is 57.2 Å². The van der Waals surface area contributed by atoms with Crippen LogP contribution in [-0.4, -0.2) is 44.0 Å². The summed E-state index contributed by atoms with van der Waals surface area (Å²) in [6.07, 6.45) is 4.46. The third-order valence-corrected chi connectivity index (χ3v) is 5.12. The number of hydrogen-bond acceptors (Lipinski definition) is 4. The number of tetrazole rings is 1. The monoisotopic (exact) mass is 327 g/mol. The molecule has 0 spiro atoms. The van der Waals surface area contributed by atoms with Crippen LogP contribution in [0.2, 0.25) is 0 Å². The number of rotatable bonds is 4. The first-order valence-corrected chi connectivity index (χ1v) is 8.69. The molecule has 2 heterocycles. The minimum atomic E-state index is -0.356. The van der Waals surface area contributed by atoms with Gasteiger partial charge in [0, 0.05) is 18.2 Å². The molecule has 1 aliphatic rings. The number of H-pyrrole nitrogens is 1. The van der Waals surface area contributed by atoms with E-state index in [4.69, 9.17) is 0 Å². The van der Waals surface area contributed by atoms with Crippen LogP contribution in [-0.2, 0) is 5.41 Å². The van der Waals surface area contributed by atoms with Gasteiger partial charge in [-0.25, -0.2) is 0 Å². The average molecular weight is 327 g/mol. The highest BCUT2D eigenvalue weighted by Gasteiger charge is 2.29. The fraction of sp³-hybridized carbons (Fsp3) is 0.556. The van der Waals surface area contributed by atoms with E-state index in [0.717, 1.165) is 36.9 Å². The first kappa shape index (κ1) is 16.6. The number of aromatic amines is 1. The van der Waals surface area contributed by atoms with Gasteiger partial charge in [0.2, 0.25) is 0 Å². The zero-order valence-corrected chi connectivity index (χ0v) is 14.6. The smallest absolute Gasteiger partial charge is 0.254 e. The number of benzene rings is 1. The summed E-state index contributed by atoms with van der Waals surface area (Å²) in [6.45, 7) is 7.12. The summed E-state index contributed by atoms with van der Waals surface area (Å²) in [4.78, 5) is 14.9. The van der Waals surface area contributed by atoms with Crippen molar-refractivity contribution >= 4 is 5.91 Å². The highest BCUT2D eigenvalue weighted by atomic mass is 16.2. The van der Waals surface area contributed by atoms with E-state index in [9.17, 15) is 4.79 Å². The van der Waals surface area contributed by atoms with Crippen molar-refractivity contribution in [3.63, 3.8) is 0 Å². The molecule has 1 fully saturated rings. The van der Waals surface area contributed by atoms with E-state index in [1.54, 1.807) is 0 Å². The number of nitrogens with one attached hydrogen (secondary N) is 1. The lowest BCUT2D eigenvalue weighted by Crippen LogP contribution is -2.43. The molecular formula is C18H25N5O. The molecule has 1 aliphatic heterocycles. The van der Waals surface area contributed by atoms with Gasteiger partial charge in [-0.2, -0.15) is 5.21 Å². The Morgan fingerprint density at radius 1 is 1.29 bits per heavy atom. The second-order valence-corrected chi connectivity index (χ2v) is 6.99. The van der Waals surface area contributed by atoms with E-state index in [1.165, 1.54) is 6.42 Å². The van der Waals surface area contributed by atoms with Crippen LogP contribution in [0, 0.1) is 0 Å². The van der Waals surface area contributed by atoms with Crippen LogP contribution < -0.4 is 0 Å². The van der Waals surface area contributed by atoms with Crippen LogP contribution in [0.4, 0.5) is 0 Å². The Morgan fingerprint density at radius 3 is 2.67 bits per heavy atom. The van der Waals surface area contributed by atoms with E-state index in [0.29, 0.717) is 11.9 Å². The third kappa shape index (κ3) is 3.05. The minimum Gasteiger partial charge on any atom is -0.336 e. The summed E-state index contributed by atoms with van der Waals surface area (Å²) in [5.41, 5.74) is 1.46. The van der Waals surface area contributed by atoms with Crippen LogP contribution in [0.1, 0.15) is 68.2 Å². The molecule has 1 amide bonds. The summed E-state index contributed by atoms with van der Waals surface area (Å²) in [5, 5.41) is 14.3. The zero-order chi connectivity index (χ0) is 17.2. The van der Waals surface area contributed by atoms with Gasteiger partial charge in [-0.15, -0.1) is 10.2 Å². The molecular weight excluding hydrogens is 302 g/mol. The molecule has 3 rings (SSSR count).